The van der Waals surface area contributed by atoms with Crippen molar-refractivity contribution in [1.29, 1.82) is 0 Å². The molecule has 0 radical (unpaired) electrons. The summed E-state index contributed by atoms with van der Waals surface area (Å²) < 4.78 is 0. The average molecular weight is 334 g/mol. The van der Waals surface area contributed by atoms with Crippen molar-refractivity contribution in [2.75, 3.05) is 18.4 Å². The molecule has 1 saturated heterocycles. The second kappa shape index (κ2) is 7.07. The molecule has 25 heavy (non-hydrogen) atoms. The second-order valence-corrected chi connectivity index (χ2v) is 6.64. The molecule has 0 bridgehead atoms. The van der Waals surface area contributed by atoms with Crippen molar-refractivity contribution in [3.05, 3.63) is 70.8 Å². The summed E-state index contributed by atoms with van der Waals surface area (Å²) in [5, 5.41) is 5.86. The van der Waals surface area contributed by atoms with Gasteiger partial charge in [-0.3, -0.25) is 9.69 Å². The van der Waals surface area contributed by atoms with Crippen LogP contribution in [-0.2, 0) is 6.54 Å². The van der Waals surface area contributed by atoms with E-state index in [1.807, 2.05) is 0 Å². The largest absolute Gasteiger partial charge is 0.363 e. The molecule has 128 valence electrons. The van der Waals surface area contributed by atoms with Crippen LogP contribution in [0.2, 0.25) is 0 Å². The number of benzene rings is 2. The number of aromatic nitrogens is 2. The Hall–Kier alpha value is -2.66. The minimum absolute atomic E-state index is 0.152. The molecule has 5 heteroatoms. The van der Waals surface area contributed by atoms with Crippen molar-refractivity contribution in [3.63, 3.8) is 0 Å². The van der Waals surface area contributed by atoms with Gasteiger partial charge in [0.15, 0.2) is 5.82 Å². The molecule has 3 aromatic rings. The molecule has 0 atom stereocenters. The molecule has 1 fully saturated rings. The highest BCUT2D eigenvalue weighted by molar-refractivity contribution is 5.82. The first-order chi connectivity index (χ1) is 12.3. The fourth-order valence-corrected chi connectivity index (χ4v) is 3.48. The molecule has 1 aliphatic rings. The Morgan fingerprint density at radius 1 is 1.12 bits per heavy atom. The van der Waals surface area contributed by atoms with Gasteiger partial charge in [-0.05, 0) is 35.2 Å². The van der Waals surface area contributed by atoms with E-state index in [0.717, 1.165) is 32.5 Å². The van der Waals surface area contributed by atoms with E-state index in [0.29, 0.717) is 11.9 Å². The van der Waals surface area contributed by atoms with E-state index in [4.69, 9.17) is 0 Å². The highest BCUT2D eigenvalue weighted by atomic mass is 16.1. The summed E-state index contributed by atoms with van der Waals surface area (Å²) in [6.07, 6.45) is 5.20. The van der Waals surface area contributed by atoms with Crippen LogP contribution in [0.1, 0.15) is 18.4 Å². The summed E-state index contributed by atoms with van der Waals surface area (Å²) in [4.78, 5) is 21.0. The monoisotopic (exact) mass is 334 g/mol. The predicted molar refractivity (Wildman–Crippen MR) is 101 cm³/mol. The van der Waals surface area contributed by atoms with Crippen molar-refractivity contribution in [1.82, 2.24) is 14.9 Å². The van der Waals surface area contributed by atoms with Gasteiger partial charge in [0, 0.05) is 38.1 Å². The number of rotatable bonds is 4. The van der Waals surface area contributed by atoms with Gasteiger partial charge >= 0.3 is 0 Å². The van der Waals surface area contributed by atoms with Gasteiger partial charge in [-0.1, -0.05) is 36.4 Å². The Morgan fingerprint density at radius 3 is 2.72 bits per heavy atom. The molecular formula is C20H22N4O. The molecule has 1 aromatic heterocycles. The lowest BCUT2D eigenvalue weighted by Gasteiger charge is -2.32. The maximum Gasteiger partial charge on any atom is 0.290 e. The number of nitrogens with zero attached hydrogens (tertiary/aromatic N) is 2. The van der Waals surface area contributed by atoms with Crippen molar-refractivity contribution in [2.24, 2.45) is 0 Å². The fraction of sp³-hybridized carbons (Fsp3) is 0.300. The van der Waals surface area contributed by atoms with Gasteiger partial charge < -0.3 is 10.3 Å². The Labute approximate surface area is 146 Å². The first kappa shape index (κ1) is 15.8. The number of hydrogen-bond donors (Lipinski definition) is 2. The first-order valence-electron chi connectivity index (χ1n) is 8.78. The lowest BCUT2D eigenvalue weighted by Crippen LogP contribution is -2.39. The molecule has 0 aliphatic carbocycles. The summed E-state index contributed by atoms with van der Waals surface area (Å²) in [5.41, 5.74) is 1.20. The van der Waals surface area contributed by atoms with Crippen LogP contribution >= 0.6 is 0 Å². The van der Waals surface area contributed by atoms with Gasteiger partial charge in [0.2, 0.25) is 0 Å². The van der Waals surface area contributed by atoms with Gasteiger partial charge in [0.25, 0.3) is 5.56 Å². The lowest BCUT2D eigenvalue weighted by atomic mass is 10.0. The van der Waals surface area contributed by atoms with Crippen LogP contribution in [-0.4, -0.2) is 34.0 Å². The SMILES string of the molecule is O=c1[nH]ccnc1NC1CCN(Cc2ccc3ccccc3c2)CC1. The van der Waals surface area contributed by atoms with Crippen LogP contribution in [0.5, 0.6) is 0 Å². The molecular weight excluding hydrogens is 312 g/mol. The Balaban J connectivity index is 1.35. The van der Waals surface area contributed by atoms with Crippen LogP contribution in [0.3, 0.4) is 0 Å². The lowest BCUT2D eigenvalue weighted by molar-refractivity contribution is 0.211. The highest BCUT2D eigenvalue weighted by Crippen LogP contribution is 2.19. The maximum atomic E-state index is 11.7. The van der Waals surface area contributed by atoms with E-state index in [9.17, 15) is 4.79 Å². The Kier molecular flexibility index (Phi) is 4.48. The molecule has 4 rings (SSSR count). The smallest absolute Gasteiger partial charge is 0.290 e. The third kappa shape index (κ3) is 3.72. The average Bonchev–Trinajstić information content (AvgIpc) is 2.65. The molecule has 0 amide bonds. The molecule has 2 N–H and O–H groups in total. The van der Waals surface area contributed by atoms with Crippen molar-refractivity contribution >= 4 is 16.6 Å². The summed E-state index contributed by atoms with van der Waals surface area (Å²) in [6.45, 7) is 3.02. The quantitative estimate of drug-likeness (QED) is 0.770. The van der Waals surface area contributed by atoms with Crippen LogP contribution in [0, 0.1) is 0 Å². The van der Waals surface area contributed by atoms with Gasteiger partial charge in [0.05, 0.1) is 0 Å². The van der Waals surface area contributed by atoms with E-state index >= 15 is 0 Å². The number of hydrogen-bond acceptors (Lipinski definition) is 4. The number of H-pyrrole nitrogens is 1. The molecule has 5 nitrogen and oxygen atoms in total. The zero-order valence-corrected chi connectivity index (χ0v) is 14.1. The standard InChI is InChI=1S/C20H22N4O/c25-20-19(21-9-10-22-20)23-18-7-11-24(12-8-18)14-15-5-6-16-3-1-2-4-17(16)13-15/h1-6,9-10,13,18H,7-8,11-12,14H2,(H,21,23)(H,22,25). The molecule has 1 aliphatic heterocycles. The van der Waals surface area contributed by atoms with E-state index in [1.165, 1.54) is 16.3 Å². The van der Waals surface area contributed by atoms with Gasteiger partial charge in [-0.2, -0.15) is 0 Å². The minimum Gasteiger partial charge on any atom is -0.363 e. The Bertz CT molecular complexity index is 912. The number of aromatic amines is 1. The van der Waals surface area contributed by atoms with Gasteiger partial charge in [0.1, 0.15) is 0 Å². The predicted octanol–water partition coefficient (Wildman–Crippen LogP) is 3.00. The van der Waals surface area contributed by atoms with Gasteiger partial charge in [-0.25, -0.2) is 4.98 Å². The summed E-state index contributed by atoms with van der Waals surface area (Å²) in [5.74, 6) is 0.426. The van der Waals surface area contributed by atoms with Gasteiger partial charge in [-0.15, -0.1) is 0 Å². The normalized spacial score (nSPS) is 16.2. The van der Waals surface area contributed by atoms with E-state index in [2.05, 4.69) is 62.6 Å². The number of anilines is 1. The van der Waals surface area contributed by atoms with E-state index in [1.54, 1.807) is 12.4 Å². The van der Waals surface area contributed by atoms with Crippen molar-refractivity contribution in [3.8, 4) is 0 Å². The molecule has 0 spiro atoms. The third-order valence-corrected chi connectivity index (χ3v) is 4.86. The number of fused-ring (bicyclic) bond motifs is 1. The molecule has 0 saturated carbocycles. The molecule has 2 aromatic carbocycles. The van der Waals surface area contributed by atoms with E-state index in [-0.39, 0.29) is 5.56 Å². The van der Waals surface area contributed by atoms with E-state index < -0.39 is 0 Å². The summed E-state index contributed by atoms with van der Waals surface area (Å²) in [6, 6.07) is 15.5. The van der Waals surface area contributed by atoms with Crippen molar-refractivity contribution in [2.45, 2.75) is 25.4 Å². The Morgan fingerprint density at radius 2 is 1.92 bits per heavy atom. The minimum atomic E-state index is -0.152. The second-order valence-electron chi connectivity index (χ2n) is 6.64. The number of likely N-dealkylation sites (tertiary alicyclic amines) is 1. The third-order valence-electron chi connectivity index (χ3n) is 4.86. The first-order valence-corrected chi connectivity index (χ1v) is 8.78. The topological polar surface area (TPSA) is 61.0 Å². The van der Waals surface area contributed by atoms with Crippen LogP contribution < -0.4 is 10.9 Å². The van der Waals surface area contributed by atoms with Crippen LogP contribution in [0.15, 0.2) is 59.7 Å². The zero-order valence-electron chi connectivity index (χ0n) is 14.1. The number of nitrogens with one attached hydrogen (secondary N) is 2. The summed E-state index contributed by atoms with van der Waals surface area (Å²) in [7, 11) is 0. The number of piperidine rings is 1. The maximum absolute atomic E-state index is 11.7. The zero-order chi connectivity index (χ0) is 17.1. The van der Waals surface area contributed by atoms with Crippen molar-refractivity contribution < 1.29 is 0 Å². The van der Waals surface area contributed by atoms with Crippen LogP contribution in [0.25, 0.3) is 10.8 Å². The molecule has 0 unspecified atom stereocenters. The molecule has 2 heterocycles. The highest BCUT2D eigenvalue weighted by Gasteiger charge is 2.20. The summed E-state index contributed by atoms with van der Waals surface area (Å²) >= 11 is 0. The van der Waals surface area contributed by atoms with Crippen LogP contribution in [0.4, 0.5) is 5.82 Å². The fourth-order valence-electron chi connectivity index (χ4n) is 3.48.